The fourth-order valence-corrected chi connectivity index (χ4v) is 4.08. The van der Waals surface area contributed by atoms with E-state index in [1.807, 2.05) is 6.92 Å². The molecular formula is C12H23NO4S. The van der Waals surface area contributed by atoms with Crippen LogP contribution in [0.1, 0.15) is 33.6 Å². The third kappa shape index (κ3) is 2.57. The highest BCUT2D eigenvalue weighted by Crippen LogP contribution is 2.37. The first-order valence-corrected chi connectivity index (χ1v) is 8.14. The van der Waals surface area contributed by atoms with Gasteiger partial charge in [0, 0.05) is 32.7 Å². The molecule has 0 amide bonds. The molecule has 2 heterocycles. The zero-order chi connectivity index (χ0) is 13.4. The molecule has 18 heavy (non-hydrogen) atoms. The minimum atomic E-state index is -3.13. The van der Waals surface area contributed by atoms with Gasteiger partial charge in [0.2, 0.25) is 10.0 Å². The Kier molecular flexibility index (Phi) is 4.02. The molecule has 2 rings (SSSR count). The number of sulfonamides is 1. The van der Waals surface area contributed by atoms with Crippen molar-refractivity contribution in [2.24, 2.45) is 0 Å². The van der Waals surface area contributed by atoms with Gasteiger partial charge in [-0.1, -0.05) is 0 Å². The largest absolute Gasteiger partial charge is 0.378 e. The molecule has 2 fully saturated rings. The van der Waals surface area contributed by atoms with Crippen LogP contribution in [0.4, 0.5) is 0 Å². The van der Waals surface area contributed by atoms with Crippen molar-refractivity contribution in [1.82, 2.24) is 4.31 Å². The molecule has 1 atom stereocenters. The molecule has 5 nitrogen and oxygen atoms in total. The summed E-state index contributed by atoms with van der Waals surface area (Å²) in [5, 5.41) is -0.360. The second-order valence-corrected chi connectivity index (χ2v) is 7.95. The second-order valence-electron chi connectivity index (χ2n) is 5.46. The van der Waals surface area contributed by atoms with Gasteiger partial charge in [-0.2, -0.15) is 4.31 Å². The summed E-state index contributed by atoms with van der Waals surface area (Å²) in [4.78, 5) is 0. The van der Waals surface area contributed by atoms with Crippen molar-refractivity contribution in [2.75, 3.05) is 26.3 Å². The summed E-state index contributed by atoms with van der Waals surface area (Å²) in [5.74, 6) is 0. The topological polar surface area (TPSA) is 55.8 Å². The van der Waals surface area contributed by atoms with Crippen molar-refractivity contribution < 1.29 is 17.9 Å². The normalized spacial score (nSPS) is 28.6. The van der Waals surface area contributed by atoms with E-state index in [9.17, 15) is 8.42 Å². The van der Waals surface area contributed by atoms with E-state index in [2.05, 4.69) is 0 Å². The minimum Gasteiger partial charge on any atom is -0.378 e. The highest BCUT2D eigenvalue weighted by molar-refractivity contribution is 7.89. The van der Waals surface area contributed by atoms with Crippen molar-refractivity contribution in [3.63, 3.8) is 0 Å². The van der Waals surface area contributed by atoms with Crippen molar-refractivity contribution in [3.8, 4) is 0 Å². The molecule has 0 unspecified atom stereocenters. The van der Waals surface area contributed by atoms with Gasteiger partial charge >= 0.3 is 0 Å². The van der Waals surface area contributed by atoms with Gasteiger partial charge in [-0.05, 0) is 27.2 Å². The molecule has 0 N–H and O–H groups in total. The summed E-state index contributed by atoms with van der Waals surface area (Å²) < 4.78 is 36.9. The summed E-state index contributed by atoms with van der Waals surface area (Å²) in [7, 11) is -3.13. The van der Waals surface area contributed by atoms with Crippen LogP contribution in [0.15, 0.2) is 0 Å². The minimum absolute atomic E-state index is 0.215. The van der Waals surface area contributed by atoms with Gasteiger partial charge in [-0.3, -0.25) is 0 Å². The highest BCUT2D eigenvalue weighted by Gasteiger charge is 2.52. The van der Waals surface area contributed by atoms with Crippen molar-refractivity contribution in [3.05, 3.63) is 0 Å². The van der Waals surface area contributed by atoms with Crippen LogP contribution in [0.5, 0.6) is 0 Å². The lowest BCUT2D eigenvalue weighted by atomic mass is 9.86. The van der Waals surface area contributed by atoms with E-state index in [0.29, 0.717) is 26.3 Å². The summed E-state index contributed by atoms with van der Waals surface area (Å²) in [5.41, 5.74) is -0.292. The van der Waals surface area contributed by atoms with E-state index in [1.54, 1.807) is 13.8 Å². The van der Waals surface area contributed by atoms with Gasteiger partial charge in [0.15, 0.2) is 0 Å². The zero-order valence-electron chi connectivity index (χ0n) is 11.4. The maximum Gasteiger partial charge on any atom is 0.216 e. The lowest BCUT2D eigenvalue weighted by Crippen LogP contribution is -2.67. The van der Waals surface area contributed by atoms with Crippen LogP contribution in [0.3, 0.4) is 0 Å². The van der Waals surface area contributed by atoms with Crippen molar-refractivity contribution in [2.45, 2.75) is 50.6 Å². The Hall–Kier alpha value is -0.170. The smallest absolute Gasteiger partial charge is 0.216 e. The Morgan fingerprint density at radius 2 is 2.11 bits per heavy atom. The highest BCUT2D eigenvalue weighted by atomic mass is 32.2. The molecule has 6 heteroatoms. The molecule has 0 aromatic heterocycles. The van der Waals surface area contributed by atoms with Crippen LogP contribution in [-0.2, 0) is 19.5 Å². The van der Waals surface area contributed by atoms with E-state index in [4.69, 9.17) is 9.47 Å². The molecule has 106 valence electrons. The van der Waals surface area contributed by atoms with E-state index >= 15 is 0 Å². The van der Waals surface area contributed by atoms with Crippen molar-refractivity contribution in [1.29, 1.82) is 0 Å². The van der Waals surface area contributed by atoms with Crippen LogP contribution in [0, 0.1) is 0 Å². The number of hydrogen-bond donors (Lipinski definition) is 0. The SMILES string of the molecule is CCO[C@@H]1CCOC2(C1)CN(S(=O)(=O)C(C)C)C2. The fourth-order valence-electron chi connectivity index (χ4n) is 2.66. The average Bonchev–Trinajstić information content (AvgIpc) is 2.26. The predicted molar refractivity (Wildman–Crippen MR) is 69.0 cm³/mol. The molecule has 0 aromatic rings. The predicted octanol–water partition coefficient (Wildman–Crippen LogP) is 0.995. The van der Waals surface area contributed by atoms with Gasteiger partial charge in [-0.15, -0.1) is 0 Å². The van der Waals surface area contributed by atoms with E-state index in [-0.39, 0.29) is 17.0 Å². The van der Waals surface area contributed by atoms with Gasteiger partial charge in [0.1, 0.15) is 0 Å². The Morgan fingerprint density at radius 1 is 1.44 bits per heavy atom. The Balaban J connectivity index is 1.94. The molecule has 0 aliphatic carbocycles. The number of nitrogens with zero attached hydrogens (tertiary/aromatic N) is 1. The molecule has 1 spiro atoms. The van der Waals surface area contributed by atoms with E-state index < -0.39 is 10.0 Å². The molecule has 0 bridgehead atoms. The lowest BCUT2D eigenvalue weighted by Gasteiger charge is -2.52. The molecule has 2 saturated heterocycles. The van der Waals surface area contributed by atoms with Gasteiger partial charge in [0.05, 0.1) is 17.0 Å². The molecule has 0 saturated carbocycles. The number of rotatable bonds is 4. The third-order valence-corrected chi connectivity index (χ3v) is 5.90. The molecule has 2 aliphatic heterocycles. The maximum atomic E-state index is 12.0. The first-order chi connectivity index (χ1) is 8.39. The monoisotopic (exact) mass is 277 g/mol. The zero-order valence-corrected chi connectivity index (χ0v) is 12.2. The Labute approximate surface area is 109 Å². The quantitative estimate of drug-likeness (QED) is 0.769. The second kappa shape index (κ2) is 5.07. The van der Waals surface area contributed by atoms with Gasteiger partial charge < -0.3 is 9.47 Å². The van der Waals surface area contributed by atoms with Gasteiger partial charge in [-0.25, -0.2) is 8.42 Å². The van der Waals surface area contributed by atoms with E-state index in [0.717, 1.165) is 12.8 Å². The maximum absolute atomic E-state index is 12.0. The summed E-state index contributed by atoms with van der Waals surface area (Å²) in [6.45, 7) is 7.75. The van der Waals surface area contributed by atoms with Gasteiger partial charge in [0.25, 0.3) is 0 Å². The lowest BCUT2D eigenvalue weighted by molar-refractivity contribution is -0.177. The molecule has 0 aromatic carbocycles. The van der Waals surface area contributed by atoms with Crippen LogP contribution >= 0.6 is 0 Å². The van der Waals surface area contributed by atoms with E-state index in [1.165, 1.54) is 4.31 Å². The van der Waals surface area contributed by atoms with Crippen LogP contribution in [0.2, 0.25) is 0 Å². The molecular weight excluding hydrogens is 254 g/mol. The Morgan fingerprint density at radius 3 is 2.67 bits per heavy atom. The first kappa shape index (κ1) is 14.2. The standard InChI is InChI=1S/C12H23NO4S/c1-4-16-11-5-6-17-12(7-11)8-13(9-12)18(14,15)10(2)3/h10-11H,4-9H2,1-3H3/t11-/m1/s1. The third-order valence-electron chi connectivity index (χ3n) is 3.73. The fraction of sp³-hybridized carbons (Fsp3) is 1.00. The number of hydrogen-bond acceptors (Lipinski definition) is 4. The molecule has 0 radical (unpaired) electrons. The van der Waals surface area contributed by atoms with Crippen LogP contribution in [-0.4, -0.2) is 56.0 Å². The van der Waals surface area contributed by atoms with Crippen molar-refractivity contribution >= 4 is 10.0 Å². The summed E-state index contributed by atoms with van der Waals surface area (Å²) in [6.07, 6.45) is 1.94. The number of ether oxygens (including phenoxy) is 2. The van der Waals surface area contributed by atoms with Crippen LogP contribution < -0.4 is 0 Å². The Bertz CT molecular complexity index is 385. The average molecular weight is 277 g/mol. The first-order valence-electron chi connectivity index (χ1n) is 6.64. The summed E-state index contributed by atoms with van der Waals surface area (Å²) in [6, 6.07) is 0. The summed E-state index contributed by atoms with van der Waals surface area (Å²) >= 11 is 0. The van der Waals surface area contributed by atoms with Crippen LogP contribution in [0.25, 0.3) is 0 Å². The molecule has 2 aliphatic rings.